The zero-order valence-corrected chi connectivity index (χ0v) is 18.5. The quantitative estimate of drug-likeness (QED) is 0.173. The van der Waals surface area contributed by atoms with E-state index in [4.69, 9.17) is 4.74 Å². The van der Waals surface area contributed by atoms with Crippen molar-refractivity contribution in [2.24, 2.45) is 0 Å². The van der Waals surface area contributed by atoms with Crippen LogP contribution in [0.3, 0.4) is 0 Å². The number of nitro benzene ring substituents is 1. The largest absolute Gasteiger partial charge is 0.361 e. The molecule has 6 nitrogen and oxygen atoms in total. The van der Waals surface area contributed by atoms with Crippen LogP contribution in [0.5, 0.6) is 0 Å². The summed E-state index contributed by atoms with van der Waals surface area (Å²) in [6.07, 6.45) is 1.89. The molecular weight excluding hydrogens is 441 g/mol. The van der Waals surface area contributed by atoms with Gasteiger partial charge in [-0.3, -0.25) is 14.7 Å². The molecule has 1 heterocycles. The van der Waals surface area contributed by atoms with Crippen molar-refractivity contribution in [1.29, 1.82) is 0 Å². The van der Waals surface area contributed by atoms with Crippen molar-refractivity contribution in [1.82, 2.24) is 9.55 Å². The van der Waals surface area contributed by atoms with Crippen LogP contribution in [0.1, 0.15) is 0 Å². The highest BCUT2D eigenvalue weighted by atomic mass is 79.9. The number of hydrogen-bond donors (Lipinski definition) is 0. The molecule has 0 fully saturated rings. The zero-order chi connectivity index (χ0) is 19.5. The maximum absolute atomic E-state index is 13.6. The summed E-state index contributed by atoms with van der Waals surface area (Å²) in [5.41, 5.74) is 0.424. The van der Waals surface area contributed by atoms with Crippen LogP contribution in [0.4, 0.5) is 10.1 Å². The first-order valence-electron chi connectivity index (χ1n) is 7.96. The summed E-state index contributed by atoms with van der Waals surface area (Å²) in [6, 6.07) is 4.83. The van der Waals surface area contributed by atoms with Gasteiger partial charge in [0.05, 0.1) is 4.92 Å². The third-order valence-electron chi connectivity index (χ3n) is 3.69. The first kappa shape index (κ1) is 21.1. The summed E-state index contributed by atoms with van der Waals surface area (Å²) < 4.78 is 21.9. The Balaban J connectivity index is 2.28. The number of nitrogens with zero attached hydrogens (tertiary/aromatic N) is 3. The summed E-state index contributed by atoms with van der Waals surface area (Å²) in [4.78, 5) is 14.8. The van der Waals surface area contributed by atoms with Crippen molar-refractivity contribution in [2.45, 2.75) is 37.6 Å². The molecule has 0 atom stereocenters. The second-order valence-electron chi connectivity index (χ2n) is 6.94. The Kier molecular flexibility index (Phi) is 7.00. The molecule has 2 aromatic rings. The highest BCUT2D eigenvalue weighted by molar-refractivity contribution is 9.10. The molecule has 0 aliphatic carbocycles. The first-order valence-corrected chi connectivity index (χ1v) is 13.7. The lowest BCUT2D eigenvalue weighted by Crippen LogP contribution is -2.22. The average molecular weight is 462 g/mol. The number of benzene rings is 1. The molecule has 0 saturated heterocycles. The van der Waals surface area contributed by atoms with Gasteiger partial charge in [-0.1, -0.05) is 31.4 Å². The minimum absolute atomic E-state index is 0.331. The molecular formula is C16H21BrFN3O3SSi. The van der Waals surface area contributed by atoms with Crippen LogP contribution in [0.25, 0.3) is 11.3 Å². The molecule has 0 radical (unpaired) electrons. The highest BCUT2D eigenvalue weighted by Crippen LogP contribution is 2.34. The van der Waals surface area contributed by atoms with Gasteiger partial charge in [0.2, 0.25) is 5.82 Å². The van der Waals surface area contributed by atoms with Crippen LogP contribution in [-0.2, 0) is 11.5 Å². The van der Waals surface area contributed by atoms with E-state index in [9.17, 15) is 14.5 Å². The lowest BCUT2D eigenvalue weighted by Gasteiger charge is -2.16. The Morgan fingerprint density at radius 1 is 1.42 bits per heavy atom. The van der Waals surface area contributed by atoms with E-state index in [1.54, 1.807) is 0 Å². The fourth-order valence-corrected chi connectivity index (χ4v) is 4.21. The number of imidazole rings is 1. The van der Waals surface area contributed by atoms with Crippen molar-refractivity contribution in [3.05, 3.63) is 38.7 Å². The summed E-state index contributed by atoms with van der Waals surface area (Å²) in [5, 5.41) is 11.7. The molecule has 2 rings (SSSR count). The minimum atomic E-state index is -1.17. The summed E-state index contributed by atoms with van der Waals surface area (Å²) in [6.45, 7) is 7.87. The minimum Gasteiger partial charge on any atom is -0.361 e. The van der Waals surface area contributed by atoms with Crippen molar-refractivity contribution < 1.29 is 14.1 Å². The van der Waals surface area contributed by atoms with Crippen molar-refractivity contribution in [2.75, 3.05) is 12.9 Å². The van der Waals surface area contributed by atoms with Gasteiger partial charge < -0.3 is 4.74 Å². The predicted molar refractivity (Wildman–Crippen MR) is 108 cm³/mol. The summed E-state index contributed by atoms with van der Waals surface area (Å²) in [7, 11) is -1.17. The summed E-state index contributed by atoms with van der Waals surface area (Å²) in [5.74, 6) is -0.867. The summed E-state index contributed by atoms with van der Waals surface area (Å²) >= 11 is 4.95. The van der Waals surface area contributed by atoms with Gasteiger partial charge >= 0.3 is 5.69 Å². The lowest BCUT2D eigenvalue weighted by molar-refractivity contribution is -0.387. The van der Waals surface area contributed by atoms with Gasteiger partial charge in [0.25, 0.3) is 0 Å². The van der Waals surface area contributed by atoms with Crippen molar-refractivity contribution in [3.8, 4) is 11.3 Å². The highest BCUT2D eigenvalue weighted by Gasteiger charge is 2.21. The van der Waals surface area contributed by atoms with Crippen LogP contribution in [0, 0.1) is 15.9 Å². The molecule has 1 aromatic heterocycles. The maximum Gasteiger partial charge on any atom is 0.305 e. The SMILES string of the molecule is CSc1nc(-c2ccc(F)c([N+](=O)[O-])c2)c(Br)n1COCC[Si](C)(C)C. The van der Waals surface area contributed by atoms with E-state index < -0.39 is 24.5 Å². The number of thioether (sulfide) groups is 1. The van der Waals surface area contributed by atoms with E-state index >= 15 is 0 Å². The van der Waals surface area contributed by atoms with Gasteiger partial charge in [-0.15, -0.1) is 0 Å². The monoisotopic (exact) mass is 461 g/mol. The van der Waals surface area contributed by atoms with Gasteiger partial charge in [-0.2, -0.15) is 4.39 Å². The molecule has 0 unspecified atom stereocenters. The number of ether oxygens (including phenoxy) is 1. The van der Waals surface area contributed by atoms with E-state index in [-0.39, 0.29) is 0 Å². The molecule has 142 valence electrons. The van der Waals surface area contributed by atoms with E-state index in [0.29, 0.717) is 34.4 Å². The van der Waals surface area contributed by atoms with Crippen LogP contribution in [0.15, 0.2) is 28.0 Å². The van der Waals surface area contributed by atoms with E-state index in [2.05, 4.69) is 40.6 Å². The fraction of sp³-hybridized carbons (Fsp3) is 0.438. The number of nitro groups is 1. The van der Waals surface area contributed by atoms with Crippen molar-refractivity contribution in [3.63, 3.8) is 0 Å². The Morgan fingerprint density at radius 2 is 2.12 bits per heavy atom. The Labute approximate surface area is 165 Å². The molecule has 10 heteroatoms. The Bertz CT molecular complexity index is 811. The second-order valence-corrected chi connectivity index (χ2v) is 14.1. The standard InChI is InChI=1S/C16H21BrFN3O3SSi/c1-25-16-19-14(11-5-6-12(18)13(9-11)21(22)23)15(17)20(16)10-24-7-8-26(2,3)4/h5-6,9H,7-8,10H2,1-4H3. The van der Waals surface area contributed by atoms with Gasteiger partial charge in [0, 0.05) is 26.3 Å². The van der Waals surface area contributed by atoms with Gasteiger partial charge in [0.15, 0.2) is 5.16 Å². The first-order chi connectivity index (χ1) is 12.1. The predicted octanol–water partition coefficient (Wildman–Crippen LogP) is 5.39. The Morgan fingerprint density at radius 3 is 2.69 bits per heavy atom. The maximum atomic E-state index is 13.6. The molecule has 0 N–H and O–H groups in total. The average Bonchev–Trinajstić information content (AvgIpc) is 2.87. The van der Waals surface area contributed by atoms with Crippen LogP contribution in [0.2, 0.25) is 25.7 Å². The van der Waals surface area contributed by atoms with Gasteiger partial charge in [-0.05, 0) is 40.4 Å². The second kappa shape index (κ2) is 8.64. The topological polar surface area (TPSA) is 70.2 Å². The number of hydrogen-bond acceptors (Lipinski definition) is 5. The Hall–Kier alpha value is -1.23. The van der Waals surface area contributed by atoms with Crippen molar-refractivity contribution >= 4 is 41.5 Å². The van der Waals surface area contributed by atoms with Crippen LogP contribution >= 0.6 is 27.7 Å². The normalized spacial score (nSPS) is 11.8. The number of aromatic nitrogens is 2. The zero-order valence-electron chi connectivity index (χ0n) is 15.1. The molecule has 1 aromatic carbocycles. The van der Waals surface area contributed by atoms with E-state index in [1.165, 1.54) is 23.9 Å². The van der Waals surface area contributed by atoms with Gasteiger partial charge in [0.1, 0.15) is 17.0 Å². The molecule has 0 aliphatic heterocycles. The van der Waals surface area contributed by atoms with Crippen LogP contribution < -0.4 is 0 Å². The molecule has 0 amide bonds. The molecule has 26 heavy (non-hydrogen) atoms. The third kappa shape index (κ3) is 5.15. The van der Waals surface area contributed by atoms with Gasteiger partial charge in [-0.25, -0.2) is 4.98 Å². The fourth-order valence-electron chi connectivity index (χ4n) is 2.20. The smallest absolute Gasteiger partial charge is 0.305 e. The third-order valence-corrected chi connectivity index (χ3v) is 6.87. The van der Waals surface area contributed by atoms with Crippen LogP contribution in [-0.4, -0.2) is 35.4 Å². The molecule has 0 spiro atoms. The molecule has 0 saturated carbocycles. The molecule has 0 aliphatic rings. The number of halogens is 2. The van der Waals surface area contributed by atoms with E-state index in [1.807, 2.05) is 10.8 Å². The molecule has 0 bridgehead atoms. The lowest BCUT2D eigenvalue weighted by atomic mass is 10.1. The van der Waals surface area contributed by atoms with E-state index in [0.717, 1.165) is 12.1 Å². The number of rotatable bonds is 8.